The van der Waals surface area contributed by atoms with Crippen molar-refractivity contribution < 1.29 is 4.79 Å². The number of hydrogen-bond donors (Lipinski definition) is 2. The number of nitrogens with one attached hydrogen (secondary N) is 1. The molecule has 3 nitrogen and oxygen atoms in total. The maximum Gasteiger partial charge on any atom is 0.251 e. The summed E-state index contributed by atoms with van der Waals surface area (Å²) in [6.07, 6.45) is 4.47. The zero-order valence-electron chi connectivity index (χ0n) is 11.0. The van der Waals surface area contributed by atoms with Crippen molar-refractivity contribution >= 4 is 5.91 Å². The molecule has 1 aromatic carbocycles. The molecule has 0 unspecified atom stereocenters. The number of carbonyl (C=O) groups is 1. The van der Waals surface area contributed by atoms with Crippen LogP contribution in [0.3, 0.4) is 0 Å². The second kappa shape index (κ2) is 5.53. The van der Waals surface area contributed by atoms with Gasteiger partial charge in [-0.1, -0.05) is 19.1 Å². The average molecular weight is 246 g/mol. The van der Waals surface area contributed by atoms with E-state index < -0.39 is 0 Å². The van der Waals surface area contributed by atoms with Gasteiger partial charge in [-0.05, 0) is 55.3 Å². The summed E-state index contributed by atoms with van der Waals surface area (Å²) >= 11 is 0. The molecule has 1 fully saturated rings. The summed E-state index contributed by atoms with van der Waals surface area (Å²) in [6.45, 7) is 3.62. The molecule has 2 rings (SSSR count). The summed E-state index contributed by atoms with van der Waals surface area (Å²) in [5.74, 6) is 0.0357. The highest BCUT2D eigenvalue weighted by Crippen LogP contribution is 2.47. The van der Waals surface area contributed by atoms with Crippen LogP contribution in [0.1, 0.15) is 42.1 Å². The van der Waals surface area contributed by atoms with E-state index in [1.54, 1.807) is 0 Å². The Morgan fingerprint density at radius 2 is 2.22 bits per heavy atom. The maximum atomic E-state index is 12.0. The first-order valence-electron chi connectivity index (χ1n) is 6.76. The third kappa shape index (κ3) is 3.10. The smallest absolute Gasteiger partial charge is 0.251 e. The number of carbonyl (C=O) groups excluding carboxylic acids is 1. The van der Waals surface area contributed by atoms with Crippen LogP contribution < -0.4 is 11.1 Å². The average Bonchev–Trinajstić information content (AvgIpc) is 3.17. The lowest BCUT2D eigenvalue weighted by Crippen LogP contribution is -2.30. The predicted octanol–water partition coefficient (Wildman–Crippen LogP) is 2.11. The molecule has 1 saturated carbocycles. The van der Waals surface area contributed by atoms with Gasteiger partial charge in [0.25, 0.3) is 5.91 Å². The van der Waals surface area contributed by atoms with Gasteiger partial charge in [0.15, 0.2) is 0 Å². The van der Waals surface area contributed by atoms with Gasteiger partial charge in [0.1, 0.15) is 0 Å². The third-order valence-corrected chi connectivity index (χ3v) is 3.95. The van der Waals surface area contributed by atoms with Crippen LogP contribution in [0.2, 0.25) is 0 Å². The monoisotopic (exact) mass is 246 g/mol. The van der Waals surface area contributed by atoms with Crippen molar-refractivity contribution in [1.29, 1.82) is 0 Å². The third-order valence-electron chi connectivity index (χ3n) is 3.95. The maximum absolute atomic E-state index is 12.0. The Bertz CT molecular complexity index is 424. The summed E-state index contributed by atoms with van der Waals surface area (Å²) in [5.41, 5.74) is 7.79. The van der Waals surface area contributed by atoms with E-state index in [0.717, 1.165) is 30.5 Å². The Balaban J connectivity index is 1.93. The molecule has 0 aliphatic heterocycles. The van der Waals surface area contributed by atoms with E-state index in [2.05, 4.69) is 12.2 Å². The van der Waals surface area contributed by atoms with Gasteiger partial charge in [0, 0.05) is 12.1 Å². The molecule has 0 aromatic heterocycles. The van der Waals surface area contributed by atoms with Crippen LogP contribution >= 0.6 is 0 Å². The van der Waals surface area contributed by atoms with Gasteiger partial charge in [-0.25, -0.2) is 0 Å². The quantitative estimate of drug-likeness (QED) is 0.807. The molecule has 98 valence electrons. The van der Waals surface area contributed by atoms with Crippen LogP contribution in [-0.4, -0.2) is 19.0 Å². The molecular weight excluding hydrogens is 224 g/mol. The van der Waals surface area contributed by atoms with Crippen molar-refractivity contribution in [1.82, 2.24) is 5.32 Å². The Morgan fingerprint density at radius 1 is 1.44 bits per heavy atom. The van der Waals surface area contributed by atoms with E-state index in [1.165, 1.54) is 12.8 Å². The Kier molecular flexibility index (Phi) is 4.02. The topological polar surface area (TPSA) is 55.1 Å². The Morgan fingerprint density at radius 3 is 2.83 bits per heavy atom. The molecule has 0 atom stereocenters. The molecule has 18 heavy (non-hydrogen) atoms. The van der Waals surface area contributed by atoms with Crippen molar-refractivity contribution in [2.45, 2.75) is 32.6 Å². The van der Waals surface area contributed by atoms with Gasteiger partial charge < -0.3 is 11.1 Å². The van der Waals surface area contributed by atoms with E-state index in [0.29, 0.717) is 12.0 Å². The molecular formula is C15H22N2O. The van der Waals surface area contributed by atoms with Crippen molar-refractivity contribution in [3.63, 3.8) is 0 Å². The lowest BCUT2D eigenvalue weighted by Gasteiger charge is -2.13. The first kappa shape index (κ1) is 13.1. The minimum absolute atomic E-state index is 0.0357. The van der Waals surface area contributed by atoms with Crippen LogP contribution in [0.15, 0.2) is 24.3 Å². The zero-order chi connectivity index (χ0) is 13.0. The Hall–Kier alpha value is -1.35. The molecule has 1 aromatic rings. The van der Waals surface area contributed by atoms with Crippen molar-refractivity contribution in [3.05, 3.63) is 35.4 Å². The number of amides is 1. The molecule has 3 N–H and O–H groups in total. The minimum atomic E-state index is 0.0357. The molecule has 0 bridgehead atoms. The van der Waals surface area contributed by atoms with E-state index in [9.17, 15) is 4.79 Å². The minimum Gasteiger partial charge on any atom is -0.351 e. The molecule has 1 amide bonds. The number of hydrogen-bond acceptors (Lipinski definition) is 2. The number of nitrogens with two attached hydrogens (primary N) is 1. The lowest BCUT2D eigenvalue weighted by molar-refractivity contribution is 0.0944. The van der Waals surface area contributed by atoms with Gasteiger partial charge in [-0.3, -0.25) is 4.79 Å². The highest BCUT2D eigenvalue weighted by atomic mass is 16.1. The second-order valence-electron chi connectivity index (χ2n) is 5.28. The van der Waals surface area contributed by atoms with Gasteiger partial charge in [0.2, 0.25) is 0 Å². The fourth-order valence-electron chi connectivity index (χ4n) is 2.24. The summed E-state index contributed by atoms with van der Waals surface area (Å²) in [7, 11) is 0. The van der Waals surface area contributed by atoms with E-state index in [-0.39, 0.29) is 5.91 Å². The summed E-state index contributed by atoms with van der Waals surface area (Å²) in [6, 6.07) is 7.74. The molecule has 0 saturated heterocycles. The fraction of sp³-hybridized carbons (Fsp3) is 0.533. The zero-order valence-corrected chi connectivity index (χ0v) is 11.0. The largest absolute Gasteiger partial charge is 0.351 e. The van der Waals surface area contributed by atoms with Crippen LogP contribution in [-0.2, 0) is 6.42 Å². The molecule has 3 heteroatoms. The first-order chi connectivity index (χ1) is 8.69. The SMILES string of the molecule is CCC1(CNC(=O)c2cccc(CCN)c2)CC1. The van der Waals surface area contributed by atoms with Crippen LogP contribution in [0.25, 0.3) is 0 Å². The fourth-order valence-corrected chi connectivity index (χ4v) is 2.24. The molecule has 1 aliphatic carbocycles. The summed E-state index contributed by atoms with van der Waals surface area (Å²) in [5, 5.41) is 3.05. The summed E-state index contributed by atoms with van der Waals surface area (Å²) in [4.78, 5) is 12.0. The van der Waals surface area contributed by atoms with Gasteiger partial charge in [-0.15, -0.1) is 0 Å². The van der Waals surface area contributed by atoms with E-state index >= 15 is 0 Å². The van der Waals surface area contributed by atoms with Crippen molar-refractivity contribution in [2.24, 2.45) is 11.1 Å². The highest BCUT2D eigenvalue weighted by Gasteiger charge is 2.40. The standard InChI is InChI=1S/C15H22N2O/c1-2-15(7-8-15)11-17-14(18)13-5-3-4-12(10-13)6-9-16/h3-5,10H,2,6-9,11,16H2,1H3,(H,17,18). The van der Waals surface area contributed by atoms with E-state index in [4.69, 9.17) is 5.73 Å². The molecule has 1 aliphatic rings. The molecule has 0 spiro atoms. The normalized spacial score (nSPS) is 16.3. The lowest BCUT2D eigenvalue weighted by atomic mass is 10.0. The van der Waals surface area contributed by atoms with Gasteiger partial charge >= 0.3 is 0 Å². The van der Waals surface area contributed by atoms with E-state index in [1.807, 2.05) is 24.3 Å². The van der Waals surface area contributed by atoms with Gasteiger partial charge in [-0.2, -0.15) is 0 Å². The van der Waals surface area contributed by atoms with Crippen molar-refractivity contribution in [3.8, 4) is 0 Å². The van der Waals surface area contributed by atoms with Crippen LogP contribution in [0.4, 0.5) is 0 Å². The first-order valence-corrected chi connectivity index (χ1v) is 6.76. The molecule has 0 radical (unpaired) electrons. The van der Waals surface area contributed by atoms with Crippen molar-refractivity contribution in [2.75, 3.05) is 13.1 Å². The highest BCUT2D eigenvalue weighted by molar-refractivity contribution is 5.94. The molecule has 0 heterocycles. The Labute approximate surface area is 109 Å². The van der Waals surface area contributed by atoms with Gasteiger partial charge in [0.05, 0.1) is 0 Å². The van der Waals surface area contributed by atoms with Crippen LogP contribution in [0.5, 0.6) is 0 Å². The predicted molar refractivity (Wildman–Crippen MR) is 73.5 cm³/mol. The number of rotatable bonds is 6. The van der Waals surface area contributed by atoms with Crippen LogP contribution in [0, 0.1) is 5.41 Å². The second-order valence-corrected chi connectivity index (χ2v) is 5.28. The number of benzene rings is 1. The summed E-state index contributed by atoms with van der Waals surface area (Å²) < 4.78 is 0.